The van der Waals surface area contributed by atoms with Gasteiger partial charge in [0, 0.05) is 31.4 Å². The molecule has 0 aromatic heterocycles. The molecule has 2 fully saturated rings. The molecule has 1 aliphatic heterocycles. The second-order valence-electron chi connectivity index (χ2n) is 5.69. The predicted octanol–water partition coefficient (Wildman–Crippen LogP) is 3.56. The fourth-order valence-corrected chi connectivity index (χ4v) is 2.71. The van der Waals surface area contributed by atoms with Crippen LogP contribution in [0.4, 0.5) is 18.9 Å². The summed E-state index contributed by atoms with van der Waals surface area (Å²) in [5.41, 5.74) is 1.19. The molecule has 1 saturated carbocycles. The zero-order valence-electron chi connectivity index (χ0n) is 11.3. The fourth-order valence-electron chi connectivity index (χ4n) is 2.71. The third kappa shape index (κ3) is 3.08. The molecule has 2 nitrogen and oxygen atoms in total. The highest BCUT2D eigenvalue weighted by atomic mass is 19.4. The minimum atomic E-state index is -4.27. The van der Waals surface area contributed by atoms with E-state index in [1.165, 1.54) is 12.1 Å². The van der Waals surface area contributed by atoms with E-state index in [0.29, 0.717) is 12.6 Å². The third-order valence-electron chi connectivity index (χ3n) is 4.01. The predicted molar refractivity (Wildman–Crippen MR) is 72.8 cm³/mol. The molecule has 0 atom stereocenters. The van der Waals surface area contributed by atoms with E-state index >= 15 is 0 Å². The summed E-state index contributed by atoms with van der Waals surface area (Å²) in [6, 6.07) is 4.64. The summed E-state index contributed by atoms with van der Waals surface area (Å²) >= 11 is 0. The molecule has 1 aromatic carbocycles. The molecule has 1 N–H and O–H groups in total. The van der Waals surface area contributed by atoms with Crippen LogP contribution in [0.2, 0.25) is 0 Å². The van der Waals surface area contributed by atoms with E-state index in [2.05, 4.69) is 10.2 Å². The number of nitrogens with one attached hydrogen (secondary N) is 1. The van der Waals surface area contributed by atoms with Crippen LogP contribution >= 0.6 is 0 Å². The number of rotatable bonds is 4. The van der Waals surface area contributed by atoms with Gasteiger partial charge in [-0.3, -0.25) is 0 Å². The van der Waals surface area contributed by atoms with Crippen LogP contribution in [0, 0.1) is 0 Å². The van der Waals surface area contributed by atoms with Crippen molar-refractivity contribution in [2.75, 3.05) is 18.0 Å². The van der Waals surface area contributed by atoms with Crippen molar-refractivity contribution < 1.29 is 13.2 Å². The number of nitrogens with zero attached hydrogens (tertiary/aromatic N) is 1. The Labute approximate surface area is 117 Å². The van der Waals surface area contributed by atoms with Crippen LogP contribution in [-0.2, 0) is 12.7 Å². The van der Waals surface area contributed by atoms with Gasteiger partial charge < -0.3 is 10.2 Å². The third-order valence-corrected chi connectivity index (χ3v) is 4.01. The van der Waals surface area contributed by atoms with Gasteiger partial charge in [0.15, 0.2) is 0 Å². The molecule has 0 unspecified atom stereocenters. The van der Waals surface area contributed by atoms with Crippen LogP contribution in [0.15, 0.2) is 18.2 Å². The largest absolute Gasteiger partial charge is 0.416 e. The van der Waals surface area contributed by atoms with Crippen molar-refractivity contribution in [3.8, 4) is 0 Å². The highest BCUT2D eigenvalue weighted by molar-refractivity contribution is 5.56. The molecule has 0 radical (unpaired) electrons. The Morgan fingerprint density at radius 2 is 1.85 bits per heavy atom. The quantitative estimate of drug-likeness (QED) is 0.909. The zero-order chi connectivity index (χ0) is 14.2. The van der Waals surface area contributed by atoms with E-state index in [1.54, 1.807) is 6.07 Å². The van der Waals surface area contributed by atoms with Crippen LogP contribution in [0.25, 0.3) is 0 Å². The molecule has 2 aliphatic rings. The van der Waals surface area contributed by atoms with Gasteiger partial charge in [0.05, 0.1) is 5.56 Å². The average Bonchev–Trinajstić information content (AvgIpc) is 3.07. The summed E-state index contributed by atoms with van der Waals surface area (Å²) in [7, 11) is 0. The van der Waals surface area contributed by atoms with Gasteiger partial charge >= 0.3 is 6.18 Å². The number of alkyl halides is 3. The maximum Gasteiger partial charge on any atom is 0.416 e. The average molecular weight is 284 g/mol. The smallest absolute Gasteiger partial charge is 0.371 e. The van der Waals surface area contributed by atoms with Gasteiger partial charge in [-0.05, 0) is 49.4 Å². The maximum atomic E-state index is 12.9. The van der Waals surface area contributed by atoms with Crippen molar-refractivity contribution in [2.24, 2.45) is 0 Å². The molecule has 1 heterocycles. The lowest BCUT2D eigenvalue weighted by atomic mass is 10.1. The first kappa shape index (κ1) is 13.7. The van der Waals surface area contributed by atoms with Crippen molar-refractivity contribution in [3.05, 3.63) is 29.3 Å². The van der Waals surface area contributed by atoms with Crippen LogP contribution in [0.1, 0.15) is 36.8 Å². The van der Waals surface area contributed by atoms with Crippen molar-refractivity contribution in [1.29, 1.82) is 0 Å². The first-order valence-corrected chi connectivity index (χ1v) is 7.22. The van der Waals surface area contributed by atoms with E-state index in [1.807, 2.05) is 0 Å². The summed E-state index contributed by atoms with van der Waals surface area (Å²) in [5.74, 6) is 0. The van der Waals surface area contributed by atoms with E-state index in [0.717, 1.165) is 50.0 Å². The lowest BCUT2D eigenvalue weighted by Crippen LogP contribution is -2.23. The van der Waals surface area contributed by atoms with Crippen molar-refractivity contribution in [1.82, 2.24) is 5.32 Å². The van der Waals surface area contributed by atoms with Crippen molar-refractivity contribution >= 4 is 5.69 Å². The number of halogens is 3. The summed E-state index contributed by atoms with van der Waals surface area (Å²) in [6.07, 6.45) is 0.251. The van der Waals surface area contributed by atoms with Crippen LogP contribution in [-0.4, -0.2) is 19.1 Å². The molecule has 0 spiro atoms. The lowest BCUT2D eigenvalue weighted by Gasteiger charge is -2.23. The Bertz CT molecular complexity index is 474. The molecule has 20 heavy (non-hydrogen) atoms. The minimum Gasteiger partial charge on any atom is -0.371 e. The highest BCUT2D eigenvalue weighted by Crippen LogP contribution is 2.34. The van der Waals surface area contributed by atoms with Crippen LogP contribution in [0.3, 0.4) is 0 Å². The van der Waals surface area contributed by atoms with Crippen LogP contribution < -0.4 is 10.2 Å². The van der Waals surface area contributed by atoms with Gasteiger partial charge in [-0.25, -0.2) is 0 Å². The molecule has 110 valence electrons. The Kier molecular flexibility index (Phi) is 3.63. The molecule has 1 saturated heterocycles. The normalized spacial score (nSPS) is 19.6. The Morgan fingerprint density at radius 3 is 2.45 bits per heavy atom. The first-order valence-electron chi connectivity index (χ1n) is 7.22. The summed E-state index contributed by atoms with van der Waals surface area (Å²) in [5, 5.41) is 3.32. The van der Waals surface area contributed by atoms with Gasteiger partial charge in [0.1, 0.15) is 0 Å². The Morgan fingerprint density at radius 1 is 1.15 bits per heavy atom. The first-order chi connectivity index (χ1) is 9.54. The van der Waals surface area contributed by atoms with Gasteiger partial charge in [-0.15, -0.1) is 0 Å². The minimum absolute atomic E-state index is 0.496. The number of benzene rings is 1. The monoisotopic (exact) mass is 284 g/mol. The van der Waals surface area contributed by atoms with Gasteiger partial charge in [-0.1, -0.05) is 0 Å². The standard InChI is InChI=1S/C15H19F3N2/c16-15(17,18)12-3-6-14(20-7-1-2-8-20)11(9-12)10-19-13-4-5-13/h3,6,9,13,19H,1-2,4-5,7-8,10H2. The maximum absolute atomic E-state index is 12.9. The SMILES string of the molecule is FC(F)(F)c1ccc(N2CCCC2)c(CNC2CC2)c1. The number of hydrogen-bond acceptors (Lipinski definition) is 2. The summed E-state index contributed by atoms with van der Waals surface area (Å²) in [6.45, 7) is 2.42. The van der Waals surface area contributed by atoms with E-state index in [-0.39, 0.29) is 0 Å². The molecular weight excluding hydrogens is 265 g/mol. The van der Waals surface area contributed by atoms with Crippen molar-refractivity contribution in [3.63, 3.8) is 0 Å². The van der Waals surface area contributed by atoms with E-state index in [4.69, 9.17) is 0 Å². The summed E-state index contributed by atoms with van der Waals surface area (Å²) < 4.78 is 38.6. The lowest BCUT2D eigenvalue weighted by molar-refractivity contribution is -0.137. The Hall–Kier alpha value is -1.23. The molecule has 3 rings (SSSR count). The molecule has 1 aromatic rings. The van der Waals surface area contributed by atoms with Crippen molar-refractivity contribution in [2.45, 2.75) is 44.4 Å². The topological polar surface area (TPSA) is 15.3 Å². The number of anilines is 1. The molecular formula is C15H19F3N2. The second-order valence-corrected chi connectivity index (χ2v) is 5.69. The zero-order valence-corrected chi connectivity index (χ0v) is 11.3. The molecule has 0 bridgehead atoms. The van der Waals surface area contributed by atoms with Gasteiger partial charge in [-0.2, -0.15) is 13.2 Å². The second kappa shape index (κ2) is 5.28. The molecule has 1 aliphatic carbocycles. The van der Waals surface area contributed by atoms with Gasteiger partial charge in [0.25, 0.3) is 0 Å². The van der Waals surface area contributed by atoms with E-state index in [9.17, 15) is 13.2 Å². The number of hydrogen-bond donors (Lipinski definition) is 1. The van der Waals surface area contributed by atoms with Crippen LogP contribution in [0.5, 0.6) is 0 Å². The van der Waals surface area contributed by atoms with Gasteiger partial charge in [0.2, 0.25) is 0 Å². The highest BCUT2D eigenvalue weighted by Gasteiger charge is 2.32. The molecule has 0 amide bonds. The Balaban J connectivity index is 1.86. The summed E-state index contributed by atoms with van der Waals surface area (Å²) in [4.78, 5) is 2.20. The van der Waals surface area contributed by atoms with E-state index < -0.39 is 11.7 Å². The molecule has 5 heteroatoms. The fraction of sp³-hybridized carbons (Fsp3) is 0.600.